The van der Waals surface area contributed by atoms with Gasteiger partial charge in [-0.15, -0.1) is 0 Å². The number of hydrogen-bond donors (Lipinski definition) is 1. The van der Waals surface area contributed by atoms with Crippen molar-refractivity contribution in [2.45, 2.75) is 26.3 Å². The lowest BCUT2D eigenvalue weighted by Gasteiger charge is -2.21. The maximum atomic E-state index is 5.95. The summed E-state index contributed by atoms with van der Waals surface area (Å²) in [6.45, 7) is 2.81. The van der Waals surface area contributed by atoms with Crippen molar-refractivity contribution in [1.82, 2.24) is 19.5 Å². The number of aromatic nitrogens is 4. The van der Waals surface area contributed by atoms with E-state index in [9.17, 15) is 0 Å². The first-order valence-electron chi connectivity index (χ1n) is 6.40. The minimum absolute atomic E-state index is 0.568. The van der Waals surface area contributed by atoms with Gasteiger partial charge in [0.05, 0.1) is 6.54 Å². The molecule has 0 unspecified atom stereocenters. The average molecular weight is 260 g/mol. The largest absolute Gasteiger partial charge is 0.383 e. The standard InChI is InChI=1S/C13H20N6/c1-4-5-10-12(14)16-9-17-13(10)19(3)8-11-15-6-7-18(11)2/h6-7,9H,4-5,8H2,1-3H3,(H2,14,16,17). The monoisotopic (exact) mass is 260 g/mol. The van der Waals surface area contributed by atoms with Crippen molar-refractivity contribution < 1.29 is 0 Å². The molecule has 0 aliphatic heterocycles. The first kappa shape index (κ1) is 13.3. The topological polar surface area (TPSA) is 72.9 Å². The van der Waals surface area contributed by atoms with Gasteiger partial charge in [0.1, 0.15) is 23.8 Å². The molecule has 6 heteroatoms. The summed E-state index contributed by atoms with van der Waals surface area (Å²) in [5.41, 5.74) is 6.97. The Balaban J connectivity index is 2.26. The minimum atomic E-state index is 0.568. The highest BCUT2D eigenvalue weighted by atomic mass is 15.2. The van der Waals surface area contributed by atoms with E-state index < -0.39 is 0 Å². The Morgan fingerprint density at radius 2 is 2.11 bits per heavy atom. The summed E-state index contributed by atoms with van der Waals surface area (Å²) in [4.78, 5) is 14.8. The maximum absolute atomic E-state index is 5.95. The second kappa shape index (κ2) is 5.69. The Morgan fingerprint density at radius 1 is 1.32 bits per heavy atom. The van der Waals surface area contributed by atoms with Crippen LogP contribution in [0.3, 0.4) is 0 Å². The van der Waals surface area contributed by atoms with Gasteiger partial charge in [-0.25, -0.2) is 15.0 Å². The number of nitrogen functional groups attached to an aromatic ring is 1. The van der Waals surface area contributed by atoms with Crippen molar-refractivity contribution >= 4 is 11.6 Å². The van der Waals surface area contributed by atoms with Crippen LogP contribution in [0.1, 0.15) is 24.7 Å². The van der Waals surface area contributed by atoms with E-state index >= 15 is 0 Å². The van der Waals surface area contributed by atoms with Gasteiger partial charge in [0.15, 0.2) is 0 Å². The molecule has 0 saturated carbocycles. The molecule has 102 valence electrons. The summed E-state index contributed by atoms with van der Waals surface area (Å²) in [7, 11) is 3.98. The molecule has 2 rings (SSSR count). The van der Waals surface area contributed by atoms with Crippen LogP contribution in [-0.4, -0.2) is 26.6 Å². The van der Waals surface area contributed by atoms with Gasteiger partial charge in [0.2, 0.25) is 0 Å². The van der Waals surface area contributed by atoms with Crippen LogP contribution in [0.4, 0.5) is 11.6 Å². The van der Waals surface area contributed by atoms with Crippen molar-refractivity contribution in [3.8, 4) is 0 Å². The highest BCUT2D eigenvalue weighted by Crippen LogP contribution is 2.23. The number of rotatable bonds is 5. The SMILES string of the molecule is CCCc1c(N)ncnc1N(C)Cc1nccn1C. The smallest absolute Gasteiger partial charge is 0.137 e. The number of hydrogen-bond acceptors (Lipinski definition) is 5. The third kappa shape index (κ3) is 2.83. The normalized spacial score (nSPS) is 10.7. The molecule has 0 aliphatic rings. The van der Waals surface area contributed by atoms with Gasteiger partial charge >= 0.3 is 0 Å². The van der Waals surface area contributed by atoms with Crippen LogP contribution in [0, 0.1) is 0 Å². The van der Waals surface area contributed by atoms with Crippen LogP contribution in [0.25, 0.3) is 0 Å². The molecule has 2 heterocycles. The average Bonchev–Trinajstić information content (AvgIpc) is 2.78. The summed E-state index contributed by atoms with van der Waals surface area (Å²) in [6, 6.07) is 0. The van der Waals surface area contributed by atoms with Crippen molar-refractivity contribution in [2.24, 2.45) is 7.05 Å². The Labute approximate surface area is 113 Å². The van der Waals surface area contributed by atoms with Crippen molar-refractivity contribution in [1.29, 1.82) is 0 Å². The first-order valence-corrected chi connectivity index (χ1v) is 6.40. The molecule has 0 atom stereocenters. The summed E-state index contributed by atoms with van der Waals surface area (Å²) in [5.74, 6) is 2.44. The lowest BCUT2D eigenvalue weighted by molar-refractivity contribution is 0.748. The van der Waals surface area contributed by atoms with Gasteiger partial charge in [-0.05, 0) is 6.42 Å². The first-order chi connectivity index (χ1) is 9.13. The molecular weight excluding hydrogens is 240 g/mol. The third-order valence-corrected chi connectivity index (χ3v) is 3.12. The zero-order chi connectivity index (χ0) is 13.8. The van der Waals surface area contributed by atoms with E-state index in [-0.39, 0.29) is 0 Å². The van der Waals surface area contributed by atoms with Crippen molar-refractivity contribution in [3.05, 3.63) is 30.1 Å². The van der Waals surface area contributed by atoms with Crippen LogP contribution in [-0.2, 0) is 20.0 Å². The van der Waals surface area contributed by atoms with E-state index in [0.29, 0.717) is 12.4 Å². The van der Waals surface area contributed by atoms with Gasteiger partial charge in [0.25, 0.3) is 0 Å². The summed E-state index contributed by atoms with van der Waals surface area (Å²) >= 11 is 0. The number of nitrogens with two attached hydrogens (primary N) is 1. The molecule has 0 aliphatic carbocycles. The van der Waals surface area contributed by atoms with E-state index in [1.807, 2.05) is 24.9 Å². The number of anilines is 2. The highest BCUT2D eigenvalue weighted by Gasteiger charge is 2.14. The number of aryl methyl sites for hydroxylation is 1. The maximum Gasteiger partial charge on any atom is 0.137 e. The van der Waals surface area contributed by atoms with Crippen LogP contribution in [0.5, 0.6) is 0 Å². The lowest BCUT2D eigenvalue weighted by atomic mass is 10.1. The van der Waals surface area contributed by atoms with Gasteiger partial charge in [0, 0.05) is 32.1 Å². The van der Waals surface area contributed by atoms with Gasteiger partial charge in [-0.1, -0.05) is 13.3 Å². The molecule has 2 N–H and O–H groups in total. The van der Waals surface area contributed by atoms with E-state index in [0.717, 1.165) is 30.0 Å². The van der Waals surface area contributed by atoms with E-state index in [1.165, 1.54) is 6.33 Å². The van der Waals surface area contributed by atoms with Gasteiger partial charge < -0.3 is 15.2 Å². The zero-order valence-electron chi connectivity index (χ0n) is 11.7. The number of nitrogens with zero attached hydrogens (tertiary/aromatic N) is 5. The van der Waals surface area contributed by atoms with Gasteiger partial charge in [-0.3, -0.25) is 0 Å². The molecule has 2 aromatic heterocycles. The molecule has 6 nitrogen and oxygen atoms in total. The summed E-state index contributed by atoms with van der Waals surface area (Å²) in [6.07, 6.45) is 7.14. The fourth-order valence-corrected chi connectivity index (χ4v) is 2.07. The van der Waals surface area contributed by atoms with Gasteiger partial charge in [-0.2, -0.15) is 0 Å². The molecule has 0 fully saturated rings. The second-order valence-electron chi connectivity index (χ2n) is 4.62. The van der Waals surface area contributed by atoms with Crippen LogP contribution in [0.2, 0.25) is 0 Å². The Kier molecular flexibility index (Phi) is 3.99. The fraction of sp³-hybridized carbons (Fsp3) is 0.462. The third-order valence-electron chi connectivity index (χ3n) is 3.12. The minimum Gasteiger partial charge on any atom is -0.383 e. The predicted molar refractivity (Wildman–Crippen MR) is 75.8 cm³/mol. The lowest BCUT2D eigenvalue weighted by Crippen LogP contribution is -2.22. The molecule has 0 aromatic carbocycles. The predicted octanol–water partition coefficient (Wildman–Crippen LogP) is 1.38. The molecule has 0 amide bonds. The summed E-state index contributed by atoms with van der Waals surface area (Å²) < 4.78 is 2.00. The zero-order valence-corrected chi connectivity index (χ0v) is 11.7. The number of imidazole rings is 1. The summed E-state index contributed by atoms with van der Waals surface area (Å²) in [5, 5.41) is 0. The quantitative estimate of drug-likeness (QED) is 0.879. The fourth-order valence-electron chi connectivity index (χ4n) is 2.07. The van der Waals surface area contributed by atoms with Crippen molar-refractivity contribution in [2.75, 3.05) is 17.7 Å². The van der Waals surface area contributed by atoms with E-state index in [4.69, 9.17) is 5.73 Å². The Morgan fingerprint density at radius 3 is 2.74 bits per heavy atom. The molecule has 19 heavy (non-hydrogen) atoms. The Hall–Kier alpha value is -2.11. The van der Waals surface area contributed by atoms with E-state index in [1.54, 1.807) is 6.20 Å². The highest BCUT2D eigenvalue weighted by molar-refractivity contribution is 5.56. The second-order valence-corrected chi connectivity index (χ2v) is 4.62. The van der Waals surface area contributed by atoms with E-state index in [2.05, 4.69) is 26.8 Å². The van der Waals surface area contributed by atoms with Crippen LogP contribution < -0.4 is 10.6 Å². The molecule has 2 aromatic rings. The molecule has 0 spiro atoms. The van der Waals surface area contributed by atoms with Crippen LogP contribution in [0.15, 0.2) is 18.7 Å². The Bertz CT molecular complexity index is 548. The molecule has 0 bridgehead atoms. The van der Waals surface area contributed by atoms with Crippen molar-refractivity contribution in [3.63, 3.8) is 0 Å². The molecular formula is C13H20N6. The van der Waals surface area contributed by atoms with Crippen LogP contribution >= 0.6 is 0 Å². The molecule has 0 radical (unpaired) electrons. The molecule has 0 saturated heterocycles.